The van der Waals surface area contributed by atoms with E-state index < -0.39 is 0 Å². The molecule has 1 N–H and O–H groups in total. The quantitative estimate of drug-likeness (QED) is 0.239. The Morgan fingerprint density at radius 2 is 1.46 bits per heavy atom. The standard InChI is InChI=1S/C35H42O4/c1-24(2)12-10-14-26(5)18-19-29-33(38-21-20-27(6)15-11-13-25(3)4)23-31(37)34-30(36)22-32(39-35(29)34)28-16-8-7-9-17-28/h7-9,12-13,16-18,20,22-23,37H,10-11,14-15,19,21H2,1-6H3/b26-18+,27-20+. The van der Waals surface area contributed by atoms with Crippen LogP contribution in [0.25, 0.3) is 22.3 Å². The highest BCUT2D eigenvalue weighted by Gasteiger charge is 2.19. The van der Waals surface area contributed by atoms with Crippen molar-refractivity contribution in [2.75, 3.05) is 6.61 Å². The first-order valence-electron chi connectivity index (χ1n) is 13.7. The van der Waals surface area contributed by atoms with Crippen molar-refractivity contribution in [3.63, 3.8) is 0 Å². The fraction of sp³-hybridized carbons (Fsp3) is 0.343. The van der Waals surface area contributed by atoms with Crippen molar-refractivity contribution in [3.05, 3.63) is 105 Å². The number of fused-ring (bicyclic) bond motifs is 1. The maximum absolute atomic E-state index is 13.2. The monoisotopic (exact) mass is 526 g/mol. The summed E-state index contributed by atoms with van der Waals surface area (Å²) in [5.74, 6) is 0.853. The Morgan fingerprint density at radius 1 is 0.846 bits per heavy atom. The minimum Gasteiger partial charge on any atom is -0.507 e. The van der Waals surface area contributed by atoms with E-state index in [4.69, 9.17) is 9.15 Å². The fourth-order valence-corrected chi connectivity index (χ4v) is 4.34. The molecule has 0 aliphatic rings. The van der Waals surface area contributed by atoms with Crippen LogP contribution in [0.3, 0.4) is 0 Å². The molecule has 0 aliphatic heterocycles. The zero-order valence-corrected chi connectivity index (χ0v) is 24.3. The summed E-state index contributed by atoms with van der Waals surface area (Å²) in [5.41, 5.74) is 6.77. The van der Waals surface area contributed by atoms with Crippen molar-refractivity contribution < 1.29 is 14.3 Å². The van der Waals surface area contributed by atoms with Crippen molar-refractivity contribution in [2.45, 2.75) is 73.6 Å². The van der Waals surface area contributed by atoms with E-state index in [1.54, 1.807) is 6.07 Å². The summed E-state index contributed by atoms with van der Waals surface area (Å²) in [6.07, 6.45) is 13.1. The van der Waals surface area contributed by atoms with Gasteiger partial charge in [-0.3, -0.25) is 4.79 Å². The van der Waals surface area contributed by atoms with Crippen LogP contribution in [-0.2, 0) is 6.42 Å². The lowest BCUT2D eigenvalue weighted by molar-refractivity contribution is 0.355. The molecule has 0 bridgehead atoms. The van der Waals surface area contributed by atoms with Crippen molar-refractivity contribution in [3.8, 4) is 22.8 Å². The zero-order chi connectivity index (χ0) is 28.4. The molecule has 1 heterocycles. The SMILES string of the molecule is CC(C)=CCC/C(C)=C/COc1cc(O)c2c(=O)cc(-c3ccccc3)oc2c1C/C=C(\C)CCC=C(C)C. The lowest BCUT2D eigenvalue weighted by Crippen LogP contribution is -2.05. The predicted octanol–water partition coefficient (Wildman–Crippen LogP) is 9.47. The number of phenolic OH excluding ortho intramolecular Hbond substituents is 1. The average Bonchev–Trinajstić information content (AvgIpc) is 2.88. The minimum atomic E-state index is -0.278. The molecule has 0 amide bonds. The van der Waals surface area contributed by atoms with Crippen LogP contribution >= 0.6 is 0 Å². The minimum absolute atomic E-state index is 0.134. The van der Waals surface area contributed by atoms with Crippen LogP contribution in [0.2, 0.25) is 0 Å². The van der Waals surface area contributed by atoms with Crippen LogP contribution in [0, 0.1) is 0 Å². The predicted molar refractivity (Wildman–Crippen MR) is 164 cm³/mol. The number of benzene rings is 2. The molecule has 0 unspecified atom stereocenters. The van der Waals surface area contributed by atoms with Gasteiger partial charge in [-0.2, -0.15) is 0 Å². The van der Waals surface area contributed by atoms with Gasteiger partial charge in [0.25, 0.3) is 0 Å². The third kappa shape index (κ3) is 8.88. The Balaban J connectivity index is 2.02. The normalized spacial score (nSPS) is 11.9. The molecular weight excluding hydrogens is 484 g/mol. The molecule has 3 aromatic rings. The van der Waals surface area contributed by atoms with Gasteiger partial charge in [-0.1, -0.05) is 70.9 Å². The van der Waals surface area contributed by atoms with Crippen molar-refractivity contribution in [1.29, 1.82) is 0 Å². The second-order valence-electron chi connectivity index (χ2n) is 10.7. The van der Waals surface area contributed by atoms with Gasteiger partial charge in [0.1, 0.15) is 34.8 Å². The van der Waals surface area contributed by atoms with Crippen molar-refractivity contribution in [1.82, 2.24) is 0 Å². The van der Waals surface area contributed by atoms with E-state index in [2.05, 4.69) is 65.8 Å². The third-order valence-corrected chi connectivity index (χ3v) is 6.61. The number of hydrogen-bond donors (Lipinski definition) is 1. The highest BCUT2D eigenvalue weighted by atomic mass is 16.5. The molecule has 1 aromatic heterocycles. The number of hydrogen-bond acceptors (Lipinski definition) is 4. The summed E-state index contributed by atoms with van der Waals surface area (Å²) >= 11 is 0. The number of aromatic hydroxyl groups is 1. The molecule has 206 valence electrons. The molecule has 2 aromatic carbocycles. The first kappa shape index (κ1) is 29.8. The van der Waals surface area contributed by atoms with Gasteiger partial charge in [-0.05, 0) is 79.7 Å². The molecule has 39 heavy (non-hydrogen) atoms. The summed E-state index contributed by atoms with van der Waals surface area (Å²) in [6, 6.07) is 12.5. The van der Waals surface area contributed by atoms with E-state index >= 15 is 0 Å². The van der Waals surface area contributed by atoms with Gasteiger partial charge in [0, 0.05) is 23.3 Å². The van der Waals surface area contributed by atoms with E-state index in [-0.39, 0.29) is 16.6 Å². The Labute approximate surface area is 233 Å². The molecule has 0 atom stereocenters. The second kappa shape index (κ2) is 14.4. The Kier molecular flexibility index (Phi) is 11.0. The zero-order valence-electron chi connectivity index (χ0n) is 24.3. The lowest BCUT2D eigenvalue weighted by atomic mass is 10.0. The maximum Gasteiger partial charge on any atom is 0.197 e. The van der Waals surface area contributed by atoms with E-state index in [9.17, 15) is 9.90 Å². The number of rotatable bonds is 12. The van der Waals surface area contributed by atoms with Crippen molar-refractivity contribution >= 4 is 11.0 Å². The Bertz CT molecular complexity index is 1440. The third-order valence-electron chi connectivity index (χ3n) is 6.61. The smallest absolute Gasteiger partial charge is 0.197 e. The van der Waals surface area contributed by atoms with Gasteiger partial charge in [-0.25, -0.2) is 0 Å². The van der Waals surface area contributed by atoms with Crippen LogP contribution in [0.5, 0.6) is 11.5 Å². The Hall–Kier alpha value is -3.79. The van der Waals surface area contributed by atoms with Gasteiger partial charge in [0.05, 0.1) is 0 Å². The van der Waals surface area contributed by atoms with E-state index in [0.717, 1.165) is 36.8 Å². The maximum atomic E-state index is 13.2. The molecule has 0 radical (unpaired) electrons. The van der Waals surface area contributed by atoms with E-state index in [1.807, 2.05) is 30.3 Å². The lowest BCUT2D eigenvalue weighted by Gasteiger charge is -2.14. The highest BCUT2D eigenvalue weighted by Crippen LogP contribution is 2.36. The van der Waals surface area contributed by atoms with Crippen LogP contribution in [-0.4, -0.2) is 11.7 Å². The van der Waals surface area contributed by atoms with Gasteiger partial charge >= 0.3 is 0 Å². The summed E-state index contributed by atoms with van der Waals surface area (Å²) in [7, 11) is 0. The molecule has 4 nitrogen and oxygen atoms in total. The summed E-state index contributed by atoms with van der Waals surface area (Å²) in [6.45, 7) is 13.0. The molecule has 0 saturated heterocycles. The molecule has 0 saturated carbocycles. The number of allylic oxidation sites excluding steroid dienone is 7. The molecule has 3 rings (SSSR count). The summed E-state index contributed by atoms with van der Waals surface area (Å²) in [5, 5.41) is 11.0. The van der Waals surface area contributed by atoms with Gasteiger partial charge < -0.3 is 14.3 Å². The van der Waals surface area contributed by atoms with Crippen molar-refractivity contribution in [2.24, 2.45) is 0 Å². The molecule has 4 heteroatoms. The highest BCUT2D eigenvalue weighted by molar-refractivity contribution is 5.89. The van der Waals surface area contributed by atoms with E-state index in [0.29, 0.717) is 30.1 Å². The van der Waals surface area contributed by atoms with Gasteiger partial charge in [-0.15, -0.1) is 0 Å². The van der Waals surface area contributed by atoms with Crippen LogP contribution in [0.1, 0.15) is 72.8 Å². The first-order valence-corrected chi connectivity index (χ1v) is 13.7. The summed E-state index contributed by atoms with van der Waals surface area (Å²) < 4.78 is 12.5. The van der Waals surface area contributed by atoms with Crippen LogP contribution < -0.4 is 10.2 Å². The molecular formula is C35H42O4. The number of ether oxygens (including phenoxy) is 1. The topological polar surface area (TPSA) is 59.7 Å². The van der Waals surface area contributed by atoms with Crippen LogP contribution in [0.4, 0.5) is 0 Å². The van der Waals surface area contributed by atoms with Crippen LogP contribution in [0.15, 0.2) is 98.3 Å². The fourth-order valence-electron chi connectivity index (χ4n) is 4.34. The summed E-state index contributed by atoms with van der Waals surface area (Å²) in [4.78, 5) is 13.2. The molecule has 0 fully saturated rings. The van der Waals surface area contributed by atoms with E-state index in [1.165, 1.54) is 28.4 Å². The van der Waals surface area contributed by atoms with Gasteiger partial charge in [0.15, 0.2) is 5.43 Å². The molecule has 0 spiro atoms. The number of phenols is 1. The largest absolute Gasteiger partial charge is 0.507 e. The van der Waals surface area contributed by atoms with Gasteiger partial charge in [0.2, 0.25) is 0 Å². The Morgan fingerprint density at radius 3 is 2.08 bits per heavy atom. The second-order valence-corrected chi connectivity index (χ2v) is 10.7. The first-order chi connectivity index (χ1) is 18.7. The molecule has 0 aliphatic carbocycles. The average molecular weight is 527 g/mol.